The third-order valence-electron chi connectivity index (χ3n) is 1.76. The molecule has 74 valence electrons. The van der Waals surface area contributed by atoms with E-state index in [0.717, 1.165) is 11.4 Å². The predicted octanol–water partition coefficient (Wildman–Crippen LogP) is 2.12. The van der Waals surface area contributed by atoms with Crippen molar-refractivity contribution in [2.45, 2.75) is 13.0 Å². The molecule has 4 heteroatoms. The zero-order valence-corrected chi connectivity index (χ0v) is 9.14. The van der Waals surface area contributed by atoms with Crippen LogP contribution in [0.1, 0.15) is 12.5 Å². The molecule has 0 aromatic carbocycles. The van der Waals surface area contributed by atoms with E-state index in [-0.39, 0.29) is 0 Å². The Labute approximate surface area is 88.5 Å². The molecule has 0 aliphatic carbocycles. The van der Waals surface area contributed by atoms with E-state index in [9.17, 15) is 0 Å². The largest absolute Gasteiger partial charge is 0.381 e. The van der Waals surface area contributed by atoms with Crippen molar-refractivity contribution in [1.82, 2.24) is 4.98 Å². The summed E-state index contributed by atoms with van der Waals surface area (Å²) < 4.78 is 0. The van der Waals surface area contributed by atoms with Crippen LogP contribution in [0.3, 0.4) is 0 Å². The Kier molecular flexibility index (Phi) is 4.27. The first-order chi connectivity index (χ1) is 6.77. The third-order valence-corrected chi connectivity index (χ3v) is 2.59. The normalized spacial score (nSPS) is 11.8. The molecule has 0 aliphatic heterocycles. The van der Waals surface area contributed by atoms with Crippen LogP contribution in [0.2, 0.25) is 0 Å². The molecule has 0 saturated heterocycles. The topological polar surface area (TPSA) is 48.7 Å². The number of nitrogens with one attached hydrogen (secondary N) is 1. The van der Waals surface area contributed by atoms with Gasteiger partial charge in [0.2, 0.25) is 0 Å². The van der Waals surface area contributed by atoms with Crippen molar-refractivity contribution in [3.63, 3.8) is 0 Å². The second-order valence-corrected chi connectivity index (χ2v) is 3.94. The van der Waals surface area contributed by atoms with Gasteiger partial charge in [0.05, 0.1) is 11.3 Å². The zero-order chi connectivity index (χ0) is 10.4. The van der Waals surface area contributed by atoms with Gasteiger partial charge in [0, 0.05) is 24.2 Å². The minimum absolute atomic E-state index is 0.361. The Morgan fingerprint density at radius 2 is 2.50 bits per heavy atom. The van der Waals surface area contributed by atoms with E-state index in [1.165, 1.54) is 0 Å². The average Bonchev–Trinajstić information content (AvgIpc) is 2.19. The predicted molar refractivity (Wildman–Crippen MR) is 60.4 cm³/mol. The van der Waals surface area contributed by atoms with Gasteiger partial charge in [-0.15, -0.1) is 0 Å². The van der Waals surface area contributed by atoms with Gasteiger partial charge in [-0.3, -0.25) is 4.98 Å². The Morgan fingerprint density at radius 1 is 1.71 bits per heavy atom. The summed E-state index contributed by atoms with van der Waals surface area (Å²) in [5.74, 6) is 1.02. The van der Waals surface area contributed by atoms with Gasteiger partial charge in [0.25, 0.3) is 0 Å². The third kappa shape index (κ3) is 2.93. The number of nitriles is 1. The zero-order valence-electron chi connectivity index (χ0n) is 8.32. The molecule has 14 heavy (non-hydrogen) atoms. The van der Waals surface area contributed by atoms with Gasteiger partial charge in [-0.1, -0.05) is 0 Å². The molecular formula is C10H13N3S. The summed E-state index contributed by atoms with van der Waals surface area (Å²) in [6, 6.07) is 4.30. The first-order valence-corrected chi connectivity index (χ1v) is 5.77. The molecule has 1 heterocycles. The van der Waals surface area contributed by atoms with E-state index in [4.69, 9.17) is 5.26 Å². The summed E-state index contributed by atoms with van der Waals surface area (Å²) in [6.07, 6.45) is 5.33. The Hall–Kier alpha value is -1.21. The summed E-state index contributed by atoms with van der Waals surface area (Å²) in [7, 11) is 0. The molecule has 1 aromatic rings. The molecule has 3 nitrogen and oxygen atoms in total. The van der Waals surface area contributed by atoms with E-state index in [1.807, 2.05) is 6.07 Å². The van der Waals surface area contributed by atoms with Crippen molar-refractivity contribution in [2.24, 2.45) is 0 Å². The summed E-state index contributed by atoms with van der Waals surface area (Å²) in [6.45, 7) is 2.10. The highest BCUT2D eigenvalue weighted by Crippen LogP contribution is 2.14. The van der Waals surface area contributed by atoms with Crippen LogP contribution in [0.5, 0.6) is 0 Å². The van der Waals surface area contributed by atoms with Crippen molar-refractivity contribution in [3.05, 3.63) is 24.0 Å². The molecule has 0 bridgehead atoms. The van der Waals surface area contributed by atoms with E-state index in [2.05, 4.69) is 29.5 Å². The van der Waals surface area contributed by atoms with Crippen molar-refractivity contribution in [2.75, 3.05) is 17.3 Å². The van der Waals surface area contributed by atoms with Crippen LogP contribution in [-0.2, 0) is 0 Å². The number of hydrogen-bond acceptors (Lipinski definition) is 4. The molecule has 0 aliphatic rings. The van der Waals surface area contributed by atoms with Gasteiger partial charge in [-0.2, -0.15) is 17.0 Å². The highest BCUT2D eigenvalue weighted by atomic mass is 32.2. The summed E-state index contributed by atoms with van der Waals surface area (Å²) in [5.41, 5.74) is 1.46. The maximum atomic E-state index is 8.83. The van der Waals surface area contributed by atoms with Crippen LogP contribution in [-0.4, -0.2) is 23.0 Å². The van der Waals surface area contributed by atoms with Crippen molar-refractivity contribution in [3.8, 4) is 6.07 Å². The summed E-state index contributed by atoms with van der Waals surface area (Å²) in [4.78, 5) is 3.90. The lowest BCUT2D eigenvalue weighted by Crippen LogP contribution is -2.18. The lowest BCUT2D eigenvalue weighted by molar-refractivity contribution is 0.912. The molecular weight excluding hydrogens is 194 g/mol. The van der Waals surface area contributed by atoms with Crippen LogP contribution in [0.15, 0.2) is 18.5 Å². The fraction of sp³-hybridized carbons (Fsp3) is 0.400. The first-order valence-electron chi connectivity index (χ1n) is 4.37. The monoisotopic (exact) mass is 207 g/mol. The van der Waals surface area contributed by atoms with Gasteiger partial charge in [-0.05, 0) is 19.2 Å². The quantitative estimate of drug-likeness (QED) is 0.821. The van der Waals surface area contributed by atoms with Crippen molar-refractivity contribution >= 4 is 17.4 Å². The SMILES string of the molecule is CSCC(C)Nc1ccncc1C#N. The van der Waals surface area contributed by atoms with Gasteiger partial charge >= 0.3 is 0 Å². The van der Waals surface area contributed by atoms with E-state index in [0.29, 0.717) is 11.6 Å². The van der Waals surface area contributed by atoms with E-state index in [1.54, 1.807) is 24.2 Å². The van der Waals surface area contributed by atoms with Crippen LogP contribution >= 0.6 is 11.8 Å². The molecule has 1 atom stereocenters. The van der Waals surface area contributed by atoms with Crippen LogP contribution in [0.25, 0.3) is 0 Å². The van der Waals surface area contributed by atoms with Crippen molar-refractivity contribution in [1.29, 1.82) is 5.26 Å². The second-order valence-electron chi connectivity index (χ2n) is 3.03. The van der Waals surface area contributed by atoms with Crippen LogP contribution in [0.4, 0.5) is 5.69 Å². The maximum absolute atomic E-state index is 8.83. The lowest BCUT2D eigenvalue weighted by Gasteiger charge is -2.14. The Morgan fingerprint density at radius 3 is 3.14 bits per heavy atom. The molecule has 1 aromatic heterocycles. The summed E-state index contributed by atoms with van der Waals surface area (Å²) >= 11 is 1.78. The number of thioether (sulfide) groups is 1. The minimum Gasteiger partial charge on any atom is -0.381 e. The number of anilines is 1. The van der Waals surface area contributed by atoms with Crippen LogP contribution in [0, 0.1) is 11.3 Å². The smallest absolute Gasteiger partial charge is 0.103 e. The van der Waals surface area contributed by atoms with Gasteiger partial charge in [-0.25, -0.2) is 0 Å². The molecule has 0 spiro atoms. The number of rotatable bonds is 4. The highest BCUT2D eigenvalue weighted by Gasteiger charge is 2.04. The Balaban J connectivity index is 2.71. The minimum atomic E-state index is 0.361. The summed E-state index contributed by atoms with van der Waals surface area (Å²) in [5, 5.41) is 12.1. The fourth-order valence-corrected chi connectivity index (χ4v) is 1.75. The van der Waals surface area contributed by atoms with E-state index >= 15 is 0 Å². The molecule has 1 N–H and O–H groups in total. The number of aromatic nitrogens is 1. The first kappa shape index (κ1) is 10.9. The lowest BCUT2D eigenvalue weighted by atomic mass is 10.2. The molecule has 0 radical (unpaired) electrons. The van der Waals surface area contributed by atoms with E-state index < -0.39 is 0 Å². The van der Waals surface area contributed by atoms with Crippen molar-refractivity contribution < 1.29 is 0 Å². The number of hydrogen-bond donors (Lipinski definition) is 1. The molecule has 0 saturated carbocycles. The molecule has 0 fully saturated rings. The maximum Gasteiger partial charge on any atom is 0.103 e. The standard InChI is InChI=1S/C10H13N3S/c1-8(7-14-2)13-10-3-4-12-6-9(10)5-11/h3-4,6,8H,7H2,1-2H3,(H,12,13). The average molecular weight is 207 g/mol. The Bertz CT molecular complexity index is 332. The van der Waals surface area contributed by atoms with Gasteiger partial charge < -0.3 is 5.32 Å². The molecule has 1 rings (SSSR count). The van der Waals surface area contributed by atoms with Gasteiger partial charge in [0.1, 0.15) is 6.07 Å². The number of pyridine rings is 1. The molecule has 0 amide bonds. The highest BCUT2D eigenvalue weighted by molar-refractivity contribution is 7.98. The molecule has 1 unspecified atom stereocenters. The second kappa shape index (κ2) is 5.51. The van der Waals surface area contributed by atoms with Crippen LogP contribution < -0.4 is 5.32 Å². The number of nitrogens with zero attached hydrogens (tertiary/aromatic N) is 2. The fourth-order valence-electron chi connectivity index (χ4n) is 1.17. The van der Waals surface area contributed by atoms with Gasteiger partial charge in [0.15, 0.2) is 0 Å².